The van der Waals surface area contributed by atoms with Gasteiger partial charge in [-0.25, -0.2) is 9.97 Å². The molecule has 1 heterocycles. The smallest absolute Gasteiger partial charge is 0.0894 e. The number of nitrogens with zero attached hydrogens (tertiary/aromatic N) is 2. The van der Waals surface area contributed by atoms with Crippen LogP contribution in [0.3, 0.4) is 0 Å². The molecule has 2 heteroatoms. The average molecular weight is 236 g/mol. The SMILES string of the molecule is C=C/C=C\c1nc2c(nc1C=C)C=CC(C)C=C2. The second-order valence-corrected chi connectivity index (χ2v) is 4.14. The van der Waals surface area contributed by atoms with Gasteiger partial charge in [0.2, 0.25) is 0 Å². The van der Waals surface area contributed by atoms with E-state index in [9.17, 15) is 0 Å². The highest BCUT2D eigenvalue weighted by Gasteiger charge is 2.09. The highest BCUT2D eigenvalue weighted by Crippen LogP contribution is 2.19. The Balaban J connectivity index is 2.56. The summed E-state index contributed by atoms with van der Waals surface area (Å²) < 4.78 is 0. The van der Waals surface area contributed by atoms with E-state index >= 15 is 0 Å². The van der Waals surface area contributed by atoms with E-state index < -0.39 is 0 Å². The topological polar surface area (TPSA) is 25.8 Å². The van der Waals surface area contributed by atoms with Gasteiger partial charge in [-0.1, -0.05) is 44.4 Å². The van der Waals surface area contributed by atoms with Crippen molar-refractivity contribution in [2.45, 2.75) is 6.92 Å². The molecule has 1 aromatic heterocycles. The van der Waals surface area contributed by atoms with Gasteiger partial charge in [0, 0.05) is 0 Å². The maximum atomic E-state index is 4.61. The van der Waals surface area contributed by atoms with Gasteiger partial charge in [0.25, 0.3) is 0 Å². The minimum atomic E-state index is 0.403. The number of allylic oxidation sites excluding steroid dienone is 4. The Morgan fingerprint density at radius 1 is 1.06 bits per heavy atom. The fourth-order valence-corrected chi connectivity index (χ4v) is 1.72. The fraction of sp³-hybridized carbons (Fsp3) is 0.125. The number of fused-ring (bicyclic) bond motifs is 1. The summed E-state index contributed by atoms with van der Waals surface area (Å²) in [5.74, 6) is 0.403. The Morgan fingerprint density at radius 2 is 1.67 bits per heavy atom. The molecule has 0 amide bonds. The van der Waals surface area contributed by atoms with Crippen molar-refractivity contribution in [3.05, 3.63) is 60.2 Å². The third kappa shape index (κ3) is 2.54. The lowest BCUT2D eigenvalue weighted by Gasteiger charge is -2.05. The van der Waals surface area contributed by atoms with Crippen molar-refractivity contribution >= 4 is 24.3 Å². The van der Waals surface area contributed by atoms with Crippen molar-refractivity contribution < 1.29 is 0 Å². The molecular weight excluding hydrogens is 220 g/mol. The van der Waals surface area contributed by atoms with Crippen LogP contribution in [0.25, 0.3) is 24.3 Å². The lowest BCUT2D eigenvalue weighted by atomic mass is 10.2. The molecule has 1 atom stereocenters. The van der Waals surface area contributed by atoms with E-state index in [2.05, 4.69) is 42.2 Å². The summed E-state index contributed by atoms with van der Waals surface area (Å²) >= 11 is 0. The Morgan fingerprint density at radius 3 is 2.22 bits per heavy atom. The van der Waals surface area contributed by atoms with Crippen molar-refractivity contribution in [3.63, 3.8) is 0 Å². The van der Waals surface area contributed by atoms with Gasteiger partial charge in [-0.05, 0) is 30.2 Å². The van der Waals surface area contributed by atoms with E-state index in [1.165, 1.54) is 0 Å². The molecule has 0 saturated heterocycles. The molecular formula is C16H16N2. The van der Waals surface area contributed by atoms with Crippen LogP contribution in [-0.4, -0.2) is 9.97 Å². The maximum Gasteiger partial charge on any atom is 0.0894 e. The molecule has 1 aliphatic carbocycles. The zero-order chi connectivity index (χ0) is 13.0. The molecule has 2 rings (SSSR count). The van der Waals surface area contributed by atoms with E-state index in [4.69, 9.17) is 0 Å². The van der Waals surface area contributed by atoms with Crippen LogP contribution in [0.15, 0.2) is 37.5 Å². The van der Waals surface area contributed by atoms with Crippen LogP contribution in [0.1, 0.15) is 29.7 Å². The highest BCUT2D eigenvalue weighted by atomic mass is 14.8. The van der Waals surface area contributed by atoms with Gasteiger partial charge in [0.15, 0.2) is 0 Å². The van der Waals surface area contributed by atoms with E-state index in [1.54, 1.807) is 12.2 Å². The van der Waals surface area contributed by atoms with Crippen molar-refractivity contribution in [1.29, 1.82) is 0 Å². The Labute approximate surface area is 108 Å². The minimum absolute atomic E-state index is 0.403. The highest BCUT2D eigenvalue weighted by molar-refractivity contribution is 5.67. The van der Waals surface area contributed by atoms with E-state index in [1.807, 2.05) is 24.3 Å². The summed E-state index contributed by atoms with van der Waals surface area (Å²) in [7, 11) is 0. The van der Waals surface area contributed by atoms with Crippen LogP contribution < -0.4 is 0 Å². The molecule has 0 N–H and O–H groups in total. The quantitative estimate of drug-likeness (QED) is 0.741. The third-order valence-corrected chi connectivity index (χ3v) is 2.71. The largest absolute Gasteiger partial charge is 0.245 e. The molecule has 0 radical (unpaired) electrons. The van der Waals surface area contributed by atoms with E-state index in [-0.39, 0.29) is 0 Å². The molecule has 0 spiro atoms. The normalized spacial score (nSPS) is 17.5. The first kappa shape index (κ1) is 12.2. The lowest BCUT2D eigenvalue weighted by Crippen LogP contribution is -1.98. The summed E-state index contributed by atoms with van der Waals surface area (Å²) in [6, 6.07) is 0. The summed E-state index contributed by atoms with van der Waals surface area (Å²) in [6.45, 7) is 9.57. The van der Waals surface area contributed by atoms with Crippen molar-refractivity contribution in [2.75, 3.05) is 0 Å². The molecule has 18 heavy (non-hydrogen) atoms. The number of aromatic nitrogens is 2. The molecule has 2 nitrogen and oxygen atoms in total. The van der Waals surface area contributed by atoms with Crippen molar-refractivity contribution in [3.8, 4) is 0 Å². The molecule has 1 aromatic rings. The molecule has 0 aliphatic heterocycles. The molecule has 0 bridgehead atoms. The predicted molar refractivity (Wildman–Crippen MR) is 78.6 cm³/mol. The Kier molecular flexibility index (Phi) is 3.68. The number of hydrogen-bond donors (Lipinski definition) is 0. The molecule has 0 fully saturated rings. The first-order chi connectivity index (χ1) is 8.74. The van der Waals surface area contributed by atoms with Crippen molar-refractivity contribution in [1.82, 2.24) is 9.97 Å². The molecule has 90 valence electrons. The Hall–Kier alpha value is -2.22. The van der Waals surface area contributed by atoms with Gasteiger partial charge in [0.05, 0.1) is 22.8 Å². The Bertz CT molecular complexity index is 563. The van der Waals surface area contributed by atoms with Crippen LogP contribution in [-0.2, 0) is 0 Å². The summed E-state index contributed by atoms with van der Waals surface area (Å²) in [4.78, 5) is 9.18. The van der Waals surface area contributed by atoms with E-state index in [0.29, 0.717) is 5.92 Å². The second-order valence-electron chi connectivity index (χ2n) is 4.14. The second kappa shape index (κ2) is 5.41. The van der Waals surface area contributed by atoms with Gasteiger partial charge in [-0.3, -0.25) is 0 Å². The summed E-state index contributed by atoms with van der Waals surface area (Å²) in [5.41, 5.74) is 3.39. The van der Waals surface area contributed by atoms with E-state index in [0.717, 1.165) is 22.8 Å². The molecule has 1 unspecified atom stereocenters. The summed E-state index contributed by atoms with van der Waals surface area (Å²) in [6.07, 6.45) is 15.5. The van der Waals surface area contributed by atoms with Crippen LogP contribution in [0.4, 0.5) is 0 Å². The van der Waals surface area contributed by atoms with Crippen molar-refractivity contribution in [2.24, 2.45) is 5.92 Å². The average Bonchev–Trinajstić information content (AvgIpc) is 2.57. The van der Waals surface area contributed by atoms with Crippen LogP contribution in [0.2, 0.25) is 0 Å². The monoisotopic (exact) mass is 236 g/mol. The zero-order valence-electron chi connectivity index (χ0n) is 10.5. The lowest BCUT2D eigenvalue weighted by molar-refractivity contribution is 0.953. The minimum Gasteiger partial charge on any atom is -0.245 e. The predicted octanol–water partition coefficient (Wildman–Crippen LogP) is 3.99. The zero-order valence-corrected chi connectivity index (χ0v) is 10.5. The fourth-order valence-electron chi connectivity index (χ4n) is 1.72. The van der Waals surface area contributed by atoms with Gasteiger partial charge < -0.3 is 0 Å². The van der Waals surface area contributed by atoms with Gasteiger partial charge in [-0.2, -0.15) is 0 Å². The maximum absolute atomic E-state index is 4.61. The third-order valence-electron chi connectivity index (χ3n) is 2.71. The molecule has 0 saturated carbocycles. The first-order valence-corrected chi connectivity index (χ1v) is 5.94. The van der Waals surface area contributed by atoms with Crippen LogP contribution in [0.5, 0.6) is 0 Å². The number of rotatable bonds is 3. The van der Waals surface area contributed by atoms with Crippen LogP contribution in [0, 0.1) is 5.92 Å². The standard InChI is InChI=1S/C16H16N2/c1-4-6-7-14-13(5-2)17-15-10-8-12(3)9-11-16(15)18-14/h4-12H,1-2H2,3H3/b7-6-. The van der Waals surface area contributed by atoms with Gasteiger partial charge in [-0.15, -0.1) is 0 Å². The molecule has 0 aromatic carbocycles. The van der Waals surface area contributed by atoms with Gasteiger partial charge >= 0.3 is 0 Å². The first-order valence-electron chi connectivity index (χ1n) is 5.94. The van der Waals surface area contributed by atoms with Gasteiger partial charge in [0.1, 0.15) is 0 Å². The van der Waals surface area contributed by atoms with Crippen LogP contribution >= 0.6 is 0 Å². The molecule has 1 aliphatic rings. The summed E-state index contributed by atoms with van der Waals surface area (Å²) in [5, 5.41) is 0. The number of hydrogen-bond acceptors (Lipinski definition) is 2.